The zero-order chi connectivity index (χ0) is 19.3. The van der Waals surface area contributed by atoms with Crippen LogP contribution in [0.2, 0.25) is 0 Å². The van der Waals surface area contributed by atoms with E-state index in [9.17, 15) is 9.59 Å². The van der Waals surface area contributed by atoms with Crippen molar-refractivity contribution in [1.82, 2.24) is 4.90 Å². The minimum Gasteiger partial charge on any atom is -0.491 e. The van der Waals surface area contributed by atoms with Crippen molar-refractivity contribution in [2.24, 2.45) is 0 Å². The van der Waals surface area contributed by atoms with Crippen molar-refractivity contribution in [3.63, 3.8) is 0 Å². The summed E-state index contributed by atoms with van der Waals surface area (Å²) in [6.45, 7) is 3.92. The number of benzene rings is 2. The Balaban J connectivity index is 1.87. The Morgan fingerprint density at radius 1 is 1.11 bits per heavy atom. The molecule has 1 unspecified atom stereocenters. The summed E-state index contributed by atoms with van der Waals surface area (Å²) in [5, 5.41) is 0.455. The van der Waals surface area contributed by atoms with Crippen molar-refractivity contribution < 1.29 is 13.9 Å². The number of fused-ring (bicyclic) bond motifs is 2. The van der Waals surface area contributed by atoms with Crippen molar-refractivity contribution in [1.29, 1.82) is 0 Å². The third kappa shape index (κ3) is 2.94. The van der Waals surface area contributed by atoms with Crippen molar-refractivity contribution in [3.8, 4) is 5.75 Å². The van der Waals surface area contributed by atoms with Crippen LogP contribution >= 0.6 is 15.9 Å². The molecule has 1 atom stereocenters. The van der Waals surface area contributed by atoms with Crippen LogP contribution in [-0.4, -0.2) is 24.0 Å². The first kappa shape index (κ1) is 17.8. The lowest BCUT2D eigenvalue weighted by Gasteiger charge is -2.20. The van der Waals surface area contributed by atoms with E-state index >= 15 is 0 Å². The maximum Gasteiger partial charge on any atom is 0.290 e. The molecule has 1 aliphatic heterocycles. The molecule has 1 aliphatic rings. The summed E-state index contributed by atoms with van der Waals surface area (Å²) in [7, 11) is 1.68. The monoisotopic (exact) mass is 427 g/mol. The molecular formula is C21H18BrNO4. The maximum absolute atomic E-state index is 13.2. The zero-order valence-corrected chi connectivity index (χ0v) is 16.7. The van der Waals surface area contributed by atoms with Crippen molar-refractivity contribution in [2.75, 3.05) is 7.05 Å². The molecule has 0 N–H and O–H groups in total. The van der Waals surface area contributed by atoms with Gasteiger partial charge in [-0.25, -0.2) is 0 Å². The van der Waals surface area contributed by atoms with Gasteiger partial charge in [0.2, 0.25) is 5.76 Å². The molecule has 0 aliphatic carbocycles. The summed E-state index contributed by atoms with van der Waals surface area (Å²) < 4.78 is 12.3. The summed E-state index contributed by atoms with van der Waals surface area (Å²) in [6.07, 6.45) is 0.0733. The normalized spacial score (nSPS) is 16.3. The summed E-state index contributed by atoms with van der Waals surface area (Å²) in [5.41, 5.74) is 1.44. The lowest BCUT2D eigenvalue weighted by atomic mass is 9.98. The number of rotatable bonds is 3. The van der Waals surface area contributed by atoms with E-state index in [1.165, 1.54) is 0 Å². The third-order valence-electron chi connectivity index (χ3n) is 4.63. The smallest absolute Gasteiger partial charge is 0.290 e. The molecule has 6 heteroatoms. The lowest BCUT2D eigenvalue weighted by Crippen LogP contribution is -2.25. The quantitative estimate of drug-likeness (QED) is 0.616. The maximum atomic E-state index is 13.2. The molecule has 1 aromatic heterocycles. The Hall–Kier alpha value is -2.60. The fraction of sp³-hybridized carbons (Fsp3) is 0.238. The average Bonchev–Trinajstić information content (AvgIpc) is 2.88. The molecule has 138 valence electrons. The van der Waals surface area contributed by atoms with E-state index in [0.29, 0.717) is 16.5 Å². The van der Waals surface area contributed by atoms with E-state index in [-0.39, 0.29) is 23.2 Å². The molecule has 1 amide bonds. The van der Waals surface area contributed by atoms with E-state index < -0.39 is 6.04 Å². The van der Waals surface area contributed by atoms with Crippen LogP contribution in [0.1, 0.15) is 41.6 Å². The van der Waals surface area contributed by atoms with Crippen LogP contribution in [0.25, 0.3) is 11.0 Å². The molecule has 0 fully saturated rings. The van der Waals surface area contributed by atoms with Crippen LogP contribution in [-0.2, 0) is 0 Å². The predicted molar refractivity (Wildman–Crippen MR) is 106 cm³/mol. The summed E-state index contributed by atoms with van der Waals surface area (Å²) in [5.74, 6) is 0.569. The first-order chi connectivity index (χ1) is 12.9. The van der Waals surface area contributed by atoms with Gasteiger partial charge in [-0.2, -0.15) is 0 Å². The van der Waals surface area contributed by atoms with Crippen LogP contribution in [0.15, 0.2) is 56.1 Å². The minimum atomic E-state index is -0.486. The fourth-order valence-electron chi connectivity index (χ4n) is 3.45. The van der Waals surface area contributed by atoms with Gasteiger partial charge in [-0.15, -0.1) is 0 Å². The standard InChI is InChI=1S/C21H18BrNO4/c1-11(2)26-14-7-4-12(5-8-14)18-17-19(24)15-10-13(22)6-9-16(15)27-20(17)21(25)23(18)3/h4-11,18H,1-3H3. The van der Waals surface area contributed by atoms with Crippen molar-refractivity contribution in [3.05, 3.63) is 74.0 Å². The Morgan fingerprint density at radius 3 is 2.48 bits per heavy atom. The van der Waals surface area contributed by atoms with Gasteiger partial charge in [0, 0.05) is 11.5 Å². The van der Waals surface area contributed by atoms with Gasteiger partial charge in [-0.1, -0.05) is 28.1 Å². The first-order valence-electron chi connectivity index (χ1n) is 8.67. The molecule has 0 spiro atoms. The number of nitrogens with zero attached hydrogens (tertiary/aromatic N) is 1. The molecule has 0 saturated heterocycles. The van der Waals surface area contributed by atoms with Crippen LogP contribution < -0.4 is 10.2 Å². The van der Waals surface area contributed by atoms with Gasteiger partial charge in [-0.05, 0) is 49.7 Å². The average molecular weight is 428 g/mol. The molecule has 0 radical (unpaired) electrons. The van der Waals surface area contributed by atoms with Gasteiger partial charge in [0.05, 0.1) is 23.1 Å². The molecule has 3 aromatic rings. The largest absolute Gasteiger partial charge is 0.491 e. The molecular weight excluding hydrogens is 410 g/mol. The molecule has 4 rings (SSSR count). The van der Waals surface area contributed by atoms with E-state index in [1.54, 1.807) is 30.1 Å². The van der Waals surface area contributed by atoms with Crippen LogP contribution in [0.4, 0.5) is 0 Å². The molecule has 0 saturated carbocycles. The number of ether oxygens (including phenoxy) is 1. The Labute approximate surface area is 164 Å². The molecule has 2 heterocycles. The van der Waals surface area contributed by atoms with E-state index in [2.05, 4.69) is 15.9 Å². The van der Waals surface area contributed by atoms with E-state index in [0.717, 1.165) is 15.8 Å². The second-order valence-electron chi connectivity index (χ2n) is 6.87. The highest BCUT2D eigenvalue weighted by molar-refractivity contribution is 9.10. The number of amides is 1. The highest BCUT2D eigenvalue weighted by Crippen LogP contribution is 2.37. The highest BCUT2D eigenvalue weighted by atomic mass is 79.9. The zero-order valence-electron chi connectivity index (χ0n) is 15.2. The number of carbonyl (C=O) groups is 1. The highest BCUT2D eigenvalue weighted by Gasteiger charge is 2.40. The Bertz CT molecular complexity index is 1100. The second kappa shape index (κ2) is 6.53. The molecule has 0 bridgehead atoms. The van der Waals surface area contributed by atoms with Crippen LogP contribution in [0.3, 0.4) is 0 Å². The summed E-state index contributed by atoms with van der Waals surface area (Å²) >= 11 is 3.39. The number of halogens is 1. The second-order valence-corrected chi connectivity index (χ2v) is 7.78. The van der Waals surface area contributed by atoms with Crippen molar-refractivity contribution in [2.45, 2.75) is 26.0 Å². The summed E-state index contributed by atoms with van der Waals surface area (Å²) in [6, 6.07) is 12.2. The van der Waals surface area contributed by atoms with Gasteiger partial charge in [-0.3, -0.25) is 9.59 Å². The Morgan fingerprint density at radius 2 is 1.81 bits per heavy atom. The number of carbonyl (C=O) groups excluding carboxylic acids is 1. The summed E-state index contributed by atoms with van der Waals surface area (Å²) in [4.78, 5) is 27.4. The van der Waals surface area contributed by atoms with Crippen LogP contribution in [0, 0.1) is 0 Å². The molecule has 5 nitrogen and oxygen atoms in total. The van der Waals surface area contributed by atoms with Gasteiger partial charge in [0.1, 0.15) is 11.3 Å². The van der Waals surface area contributed by atoms with Gasteiger partial charge in [0.25, 0.3) is 5.91 Å². The predicted octanol–water partition coefficient (Wildman–Crippen LogP) is 4.52. The van der Waals surface area contributed by atoms with Crippen LogP contribution in [0.5, 0.6) is 5.75 Å². The van der Waals surface area contributed by atoms with Gasteiger partial charge >= 0.3 is 0 Å². The Kier molecular flexibility index (Phi) is 4.30. The number of hydrogen-bond donors (Lipinski definition) is 0. The third-order valence-corrected chi connectivity index (χ3v) is 5.12. The minimum absolute atomic E-state index is 0.0733. The van der Waals surface area contributed by atoms with Gasteiger partial charge in [0.15, 0.2) is 5.43 Å². The molecule has 27 heavy (non-hydrogen) atoms. The molecule has 2 aromatic carbocycles. The lowest BCUT2D eigenvalue weighted by molar-refractivity contribution is 0.0771. The van der Waals surface area contributed by atoms with Gasteiger partial charge < -0.3 is 14.1 Å². The topological polar surface area (TPSA) is 59.8 Å². The van der Waals surface area contributed by atoms with Crippen molar-refractivity contribution >= 4 is 32.8 Å². The van der Waals surface area contributed by atoms with E-state index in [1.807, 2.05) is 38.1 Å². The fourth-order valence-corrected chi connectivity index (χ4v) is 3.81. The van der Waals surface area contributed by atoms with E-state index in [4.69, 9.17) is 9.15 Å². The first-order valence-corrected chi connectivity index (χ1v) is 9.46. The SMILES string of the molecule is CC(C)Oc1ccc(C2c3c(oc4ccc(Br)cc4c3=O)C(=O)N2C)cc1. The number of hydrogen-bond acceptors (Lipinski definition) is 4.